The molecule has 1 aromatic rings. The van der Waals surface area contributed by atoms with Gasteiger partial charge in [0.2, 0.25) is 5.91 Å². The molecule has 0 saturated carbocycles. The van der Waals surface area contributed by atoms with Crippen molar-refractivity contribution in [2.45, 2.75) is 26.6 Å². The molecular formula is C15H25ClN2O3. The number of rotatable bonds is 9. The largest absolute Gasteiger partial charge is 0.383 e. The van der Waals surface area contributed by atoms with E-state index in [4.69, 9.17) is 9.47 Å². The van der Waals surface area contributed by atoms with Crippen LogP contribution in [-0.4, -0.2) is 38.8 Å². The van der Waals surface area contributed by atoms with Gasteiger partial charge in [0.1, 0.15) is 0 Å². The van der Waals surface area contributed by atoms with Crippen molar-refractivity contribution in [1.82, 2.24) is 5.32 Å². The van der Waals surface area contributed by atoms with Crippen LogP contribution in [0.4, 0.5) is 5.69 Å². The lowest BCUT2D eigenvalue weighted by Crippen LogP contribution is -2.30. The van der Waals surface area contributed by atoms with Gasteiger partial charge in [0, 0.05) is 19.3 Å². The van der Waals surface area contributed by atoms with Crippen LogP contribution >= 0.6 is 12.4 Å². The molecule has 1 rings (SSSR count). The molecule has 0 saturated heterocycles. The summed E-state index contributed by atoms with van der Waals surface area (Å²) in [7, 11) is 1.63. The quantitative estimate of drug-likeness (QED) is 0.686. The summed E-state index contributed by atoms with van der Waals surface area (Å²) < 4.78 is 10.4. The summed E-state index contributed by atoms with van der Waals surface area (Å²) in [6.45, 7) is 6.13. The molecule has 0 atom stereocenters. The lowest BCUT2D eigenvalue weighted by Gasteiger charge is -2.09. The molecule has 5 nitrogen and oxygen atoms in total. The van der Waals surface area contributed by atoms with Gasteiger partial charge in [-0.25, -0.2) is 0 Å². The fourth-order valence-corrected chi connectivity index (χ4v) is 1.53. The molecule has 120 valence electrons. The normalized spacial score (nSPS) is 10.3. The Bertz CT molecular complexity index is 396. The Morgan fingerprint density at radius 1 is 1.24 bits per heavy atom. The van der Waals surface area contributed by atoms with Crippen molar-refractivity contribution >= 4 is 24.0 Å². The van der Waals surface area contributed by atoms with E-state index in [9.17, 15) is 4.79 Å². The van der Waals surface area contributed by atoms with Crippen molar-refractivity contribution in [3.8, 4) is 0 Å². The summed E-state index contributed by atoms with van der Waals surface area (Å²) in [4.78, 5) is 11.6. The molecule has 0 radical (unpaired) electrons. The van der Waals surface area contributed by atoms with Gasteiger partial charge < -0.3 is 20.1 Å². The van der Waals surface area contributed by atoms with Crippen molar-refractivity contribution in [1.29, 1.82) is 0 Å². The Hall–Kier alpha value is -1.14. The van der Waals surface area contributed by atoms with Gasteiger partial charge >= 0.3 is 0 Å². The van der Waals surface area contributed by atoms with Crippen molar-refractivity contribution in [3.63, 3.8) is 0 Å². The van der Waals surface area contributed by atoms with Gasteiger partial charge in [-0.2, -0.15) is 0 Å². The maximum Gasteiger partial charge on any atom is 0.238 e. The molecule has 6 heteroatoms. The van der Waals surface area contributed by atoms with Gasteiger partial charge in [-0.1, -0.05) is 12.1 Å². The van der Waals surface area contributed by atoms with E-state index in [2.05, 4.69) is 10.6 Å². The van der Waals surface area contributed by atoms with Crippen LogP contribution in [0, 0.1) is 0 Å². The second-order valence-corrected chi connectivity index (χ2v) is 4.77. The average molecular weight is 317 g/mol. The number of anilines is 1. The highest BCUT2D eigenvalue weighted by atomic mass is 35.5. The third-order valence-electron chi connectivity index (χ3n) is 2.59. The number of nitrogens with one attached hydrogen (secondary N) is 2. The predicted octanol–water partition coefficient (Wildman–Crippen LogP) is 2.21. The van der Waals surface area contributed by atoms with Crippen LogP contribution in [0.1, 0.15) is 19.4 Å². The third-order valence-corrected chi connectivity index (χ3v) is 2.59. The number of carbonyl (C=O) groups excluding carboxylic acids is 1. The first kappa shape index (κ1) is 19.9. The van der Waals surface area contributed by atoms with E-state index in [-0.39, 0.29) is 31.0 Å². The Kier molecular flexibility index (Phi) is 10.9. The number of benzene rings is 1. The number of carbonyl (C=O) groups is 1. The van der Waals surface area contributed by atoms with E-state index in [1.54, 1.807) is 7.11 Å². The van der Waals surface area contributed by atoms with E-state index >= 15 is 0 Å². The Labute approximate surface area is 132 Å². The van der Waals surface area contributed by atoms with E-state index in [1.807, 2.05) is 38.1 Å². The summed E-state index contributed by atoms with van der Waals surface area (Å²) in [5.74, 6) is -0.0627. The molecule has 1 amide bonds. The van der Waals surface area contributed by atoms with Gasteiger partial charge in [-0.05, 0) is 31.5 Å². The molecule has 0 fully saturated rings. The Morgan fingerprint density at radius 3 is 2.48 bits per heavy atom. The molecule has 1 aromatic carbocycles. The SMILES string of the molecule is COCCNCC(=O)Nc1ccc(COC(C)C)cc1.Cl. The van der Waals surface area contributed by atoms with Gasteiger partial charge in [0.15, 0.2) is 0 Å². The number of amides is 1. The first-order chi connectivity index (χ1) is 9.61. The average Bonchev–Trinajstić information content (AvgIpc) is 2.43. The van der Waals surface area contributed by atoms with Crippen LogP contribution in [0.25, 0.3) is 0 Å². The molecule has 2 N–H and O–H groups in total. The van der Waals surface area contributed by atoms with Crippen molar-refractivity contribution in [3.05, 3.63) is 29.8 Å². The molecule has 0 bridgehead atoms. The minimum atomic E-state index is -0.0627. The number of hydrogen-bond donors (Lipinski definition) is 2. The maximum absolute atomic E-state index is 11.6. The van der Waals surface area contributed by atoms with Crippen LogP contribution < -0.4 is 10.6 Å². The number of halogens is 1. The Morgan fingerprint density at radius 2 is 1.90 bits per heavy atom. The lowest BCUT2D eigenvalue weighted by molar-refractivity contribution is -0.115. The van der Waals surface area contributed by atoms with Crippen LogP contribution in [0.5, 0.6) is 0 Å². The second kappa shape index (κ2) is 11.5. The smallest absolute Gasteiger partial charge is 0.238 e. The number of ether oxygens (including phenoxy) is 2. The van der Waals surface area contributed by atoms with Crippen LogP contribution in [-0.2, 0) is 20.9 Å². The lowest BCUT2D eigenvalue weighted by atomic mass is 10.2. The summed E-state index contributed by atoms with van der Waals surface area (Å²) >= 11 is 0. The highest BCUT2D eigenvalue weighted by Gasteiger charge is 2.02. The van der Waals surface area contributed by atoms with Crippen LogP contribution in [0.15, 0.2) is 24.3 Å². The zero-order chi connectivity index (χ0) is 14.8. The third kappa shape index (κ3) is 9.42. The molecule has 0 heterocycles. The molecular weight excluding hydrogens is 292 g/mol. The minimum absolute atomic E-state index is 0. The van der Waals surface area contributed by atoms with E-state index in [0.29, 0.717) is 19.8 Å². The van der Waals surface area contributed by atoms with Gasteiger partial charge in [-0.3, -0.25) is 4.79 Å². The summed E-state index contributed by atoms with van der Waals surface area (Å²) in [6, 6.07) is 7.67. The van der Waals surface area contributed by atoms with E-state index in [0.717, 1.165) is 11.3 Å². The Balaban J connectivity index is 0.00000400. The summed E-state index contributed by atoms with van der Waals surface area (Å²) in [6.07, 6.45) is 0.215. The van der Waals surface area contributed by atoms with Crippen molar-refractivity contribution < 1.29 is 14.3 Å². The fourth-order valence-electron chi connectivity index (χ4n) is 1.53. The fraction of sp³-hybridized carbons (Fsp3) is 0.533. The van der Waals surface area contributed by atoms with E-state index in [1.165, 1.54) is 0 Å². The zero-order valence-electron chi connectivity index (χ0n) is 12.8. The molecule has 0 aliphatic heterocycles. The first-order valence-electron chi connectivity index (χ1n) is 6.82. The van der Waals surface area contributed by atoms with Gasteiger partial charge in [-0.15, -0.1) is 12.4 Å². The van der Waals surface area contributed by atoms with Crippen LogP contribution in [0.2, 0.25) is 0 Å². The monoisotopic (exact) mass is 316 g/mol. The molecule has 0 aliphatic rings. The molecule has 0 aromatic heterocycles. The first-order valence-corrected chi connectivity index (χ1v) is 6.82. The predicted molar refractivity (Wildman–Crippen MR) is 87.0 cm³/mol. The highest BCUT2D eigenvalue weighted by Crippen LogP contribution is 2.10. The number of methoxy groups -OCH3 is 1. The topological polar surface area (TPSA) is 59.6 Å². The molecule has 0 spiro atoms. The highest BCUT2D eigenvalue weighted by molar-refractivity contribution is 5.92. The zero-order valence-corrected chi connectivity index (χ0v) is 13.7. The summed E-state index contributed by atoms with van der Waals surface area (Å²) in [5, 5.41) is 5.82. The van der Waals surface area contributed by atoms with Crippen LogP contribution in [0.3, 0.4) is 0 Å². The molecule has 0 unspecified atom stereocenters. The maximum atomic E-state index is 11.6. The van der Waals surface area contributed by atoms with Gasteiger partial charge in [0.05, 0.1) is 25.9 Å². The summed E-state index contributed by atoms with van der Waals surface area (Å²) in [5.41, 5.74) is 1.88. The minimum Gasteiger partial charge on any atom is -0.383 e. The molecule has 21 heavy (non-hydrogen) atoms. The van der Waals surface area contributed by atoms with Crippen molar-refractivity contribution in [2.24, 2.45) is 0 Å². The van der Waals surface area contributed by atoms with Gasteiger partial charge in [0.25, 0.3) is 0 Å². The molecule has 0 aliphatic carbocycles. The van der Waals surface area contributed by atoms with E-state index < -0.39 is 0 Å². The second-order valence-electron chi connectivity index (χ2n) is 4.77. The standard InChI is InChI=1S/C15H24N2O3.ClH/c1-12(2)20-11-13-4-6-14(7-5-13)17-15(18)10-16-8-9-19-3;/h4-7,12,16H,8-11H2,1-3H3,(H,17,18);1H. The van der Waals surface area contributed by atoms with Crippen molar-refractivity contribution in [2.75, 3.05) is 32.1 Å². The number of hydrogen-bond acceptors (Lipinski definition) is 4.